The van der Waals surface area contributed by atoms with Crippen LogP contribution >= 0.6 is 0 Å². The Balaban J connectivity index is 2.01. The Morgan fingerprint density at radius 3 is 2.63 bits per heavy atom. The molecule has 0 radical (unpaired) electrons. The van der Waals surface area contributed by atoms with E-state index in [1.165, 1.54) is 5.56 Å². The van der Waals surface area contributed by atoms with Crippen molar-refractivity contribution >= 4 is 5.78 Å². The third-order valence-corrected chi connectivity index (χ3v) is 4.43. The van der Waals surface area contributed by atoms with E-state index in [1.807, 2.05) is 24.8 Å². The quantitative estimate of drug-likeness (QED) is 0.834. The zero-order valence-corrected chi connectivity index (χ0v) is 11.6. The van der Waals surface area contributed by atoms with Gasteiger partial charge in [0.2, 0.25) is 0 Å². The smallest absolute Gasteiger partial charge is 0.170 e. The molecule has 2 heterocycles. The molecule has 1 aromatic carbocycles. The second kappa shape index (κ2) is 4.05. The van der Waals surface area contributed by atoms with E-state index in [-0.39, 0.29) is 12.5 Å². The van der Waals surface area contributed by atoms with Crippen molar-refractivity contribution in [3.8, 4) is 5.75 Å². The van der Waals surface area contributed by atoms with Gasteiger partial charge in [0.25, 0.3) is 0 Å². The third kappa shape index (κ3) is 1.78. The fourth-order valence-electron chi connectivity index (χ4n) is 3.08. The summed E-state index contributed by atoms with van der Waals surface area (Å²) in [4.78, 5) is 14.2. The molecule has 1 N–H and O–H groups in total. The number of fused-ring (bicyclic) bond motifs is 1. The normalized spacial score (nSPS) is 20.9. The predicted molar refractivity (Wildman–Crippen MR) is 71.6 cm³/mol. The summed E-state index contributed by atoms with van der Waals surface area (Å²) in [6.45, 7) is 7.37. The first-order valence-electron chi connectivity index (χ1n) is 6.62. The van der Waals surface area contributed by atoms with Crippen molar-refractivity contribution in [2.24, 2.45) is 0 Å². The molecule has 1 fully saturated rings. The first-order valence-corrected chi connectivity index (χ1v) is 6.62. The number of rotatable bonds is 1. The molecule has 0 aromatic heterocycles. The number of ketones is 1. The highest BCUT2D eigenvalue weighted by Gasteiger charge is 2.50. The predicted octanol–water partition coefficient (Wildman–Crippen LogP) is 1.58. The fraction of sp³-hybridized carbons (Fsp3) is 0.533. The topological polar surface area (TPSA) is 49.8 Å². The number of aliphatic hydroxyl groups excluding tert-OH is 1. The first kappa shape index (κ1) is 12.6. The van der Waals surface area contributed by atoms with Gasteiger partial charge >= 0.3 is 0 Å². The number of carbonyl (C=O) groups is 1. The molecular formula is C15H19NO3. The Labute approximate surface area is 113 Å². The standard InChI is InChI=1S/C15H19NO3/c1-9-4-12-13(18)5-15(6-16(7-15)8-17)19-14(12)11(3)10(9)2/h4,17H,5-8H2,1-3H3. The molecule has 4 heteroatoms. The van der Waals surface area contributed by atoms with Gasteiger partial charge in [-0.25, -0.2) is 0 Å². The summed E-state index contributed by atoms with van der Waals surface area (Å²) in [6, 6.07) is 1.94. The molecule has 102 valence electrons. The fourth-order valence-corrected chi connectivity index (χ4v) is 3.08. The monoisotopic (exact) mass is 261 g/mol. The molecule has 0 bridgehead atoms. The molecule has 3 rings (SSSR count). The summed E-state index contributed by atoms with van der Waals surface area (Å²) in [7, 11) is 0. The molecule has 1 saturated heterocycles. The van der Waals surface area contributed by atoms with E-state index in [1.54, 1.807) is 0 Å². The number of benzene rings is 1. The summed E-state index contributed by atoms with van der Waals surface area (Å²) in [5.74, 6) is 0.905. The maximum atomic E-state index is 12.3. The van der Waals surface area contributed by atoms with Crippen molar-refractivity contribution < 1.29 is 14.6 Å². The van der Waals surface area contributed by atoms with Crippen LogP contribution in [0, 0.1) is 20.8 Å². The molecule has 19 heavy (non-hydrogen) atoms. The van der Waals surface area contributed by atoms with Crippen LogP contribution in [0.5, 0.6) is 5.75 Å². The molecule has 2 aliphatic rings. The molecule has 0 amide bonds. The lowest BCUT2D eigenvalue weighted by Gasteiger charge is -2.50. The average molecular weight is 261 g/mol. The van der Waals surface area contributed by atoms with Gasteiger partial charge in [-0.3, -0.25) is 9.69 Å². The van der Waals surface area contributed by atoms with Gasteiger partial charge in [0.15, 0.2) is 5.78 Å². The van der Waals surface area contributed by atoms with E-state index < -0.39 is 5.60 Å². The Morgan fingerprint density at radius 2 is 2.00 bits per heavy atom. The summed E-state index contributed by atoms with van der Waals surface area (Å²) >= 11 is 0. The van der Waals surface area contributed by atoms with Gasteiger partial charge < -0.3 is 9.84 Å². The van der Waals surface area contributed by atoms with Crippen molar-refractivity contribution in [3.63, 3.8) is 0 Å². The highest BCUT2D eigenvalue weighted by atomic mass is 16.5. The Hall–Kier alpha value is -1.39. The van der Waals surface area contributed by atoms with Gasteiger partial charge in [-0.2, -0.15) is 0 Å². The molecule has 2 aliphatic heterocycles. The van der Waals surface area contributed by atoms with E-state index in [4.69, 9.17) is 9.84 Å². The van der Waals surface area contributed by atoms with E-state index >= 15 is 0 Å². The van der Waals surface area contributed by atoms with Crippen LogP contribution in [0.15, 0.2) is 6.07 Å². The minimum Gasteiger partial charge on any atom is -0.483 e. The number of Topliss-reactive ketones (excluding diaryl/α,β-unsaturated/α-hetero) is 1. The number of hydrogen-bond donors (Lipinski definition) is 1. The van der Waals surface area contributed by atoms with Gasteiger partial charge in [0.05, 0.1) is 18.7 Å². The molecule has 0 unspecified atom stereocenters. The Morgan fingerprint density at radius 1 is 1.32 bits per heavy atom. The lowest BCUT2D eigenvalue weighted by Crippen LogP contribution is -2.66. The summed E-state index contributed by atoms with van der Waals surface area (Å²) in [5, 5.41) is 9.08. The van der Waals surface area contributed by atoms with Crippen LogP contribution < -0.4 is 4.74 Å². The van der Waals surface area contributed by atoms with E-state index in [0.717, 1.165) is 16.9 Å². The van der Waals surface area contributed by atoms with Crippen molar-refractivity contribution in [2.45, 2.75) is 32.8 Å². The number of aryl methyl sites for hydroxylation is 1. The van der Waals surface area contributed by atoms with Gasteiger partial charge in [-0.05, 0) is 43.5 Å². The van der Waals surface area contributed by atoms with Crippen LogP contribution in [0.3, 0.4) is 0 Å². The number of aliphatic hydroxyl groups is 1. The number of hydrogen-bond acceptors (Lipinski definition) is 4. The van der Waals surface area contributed by atoms with E-state index in [0.29, 0.717) is 25.1 Å². The molecule has 0 saturated carbocycles. The van der Waals surface area contributed by atoms with Crippen LogP contribution in [-0.2, 0) is 0 Å². The molecular weight excluding hydrogens is 242 g/mol. The van der Waals surface area contributed by atoms with Crippen LogP contribution in [0.1, 0.15) is 33.5 Å². The highest BCUT2D eigenvalue weighted by Crippen LogP contribution is 2.41. The minimum atomic E-state index is -0.417. The van der Waals surface area contributed by atoms with E-state index in [2.05, 4.69) is 6.92 Å². The zero-order chi connectivity index (χ0) is 13.8. The van der Waals surface area contributed by atoms with Crippen molar-refractivity contribution in [2.75, 3.05) is 19.8 Å². The van der Waals surface area contributed by atoms with Crippen LogP contribution in [0.25, 0.3) is 0 Å². The number of ether oxygens (including phenoxy) is 1. The summed E-state index contributed by atoms with van der Waals surface area (Å²) < 4.78 is 6.15. The number of nitrogens with zero attached hydrogens (tertiary/aromatic N) is 1. The molecule has 0 atom stereocenters. The van der Waals surface area contributed by atoms with Crippen LogP contribution in [0.4, 0.5) is 0 Å². The van der Waals surface area contributed by atoms with Crippen molar-refractivity contribution in [1.82, 2.24) is 4.90 Å². The van der Waals surface area contributed by atoms with Gasteiger partial charge in [0.1, 0.15) is 11.4 Å². The molecule has 1 spiro atoms. The first-order chi connectivity index (χ1) is 8.96. The Kier molecular flexibility index (Phi) is 2.69. The molecule has 0 aliphatic carbocycles. The molecule has 4 nitrogen and oxygen atoms in total. The second-order valence-electron chi connectivity index (χ2n) is 5.83. The lowest BCUT2D eigenvalue weighted by atomic mass is 9.82. The Bertz CT molecular complexity index is 559. The maximum Gasteiger partial charge on any atom is 0.170 e. The van der Waals surface area contributed by atoms with Gasteiger partial charge in [-0.1, -0.05) is 0 Å². The largest absolute Gasteiger partial charge is 0.483 e. The van der Waals surface area contributed by atoms with Crippen molar-refractivity contribution in [1.29, 1.82) is 0 Å². The summed E-state index contributed by atoms with van der Waals surface area (Å²) in [6.07, 6.45) is 0.415. The SMILES string of the molecule is Cc1cc2c(c(C)c1C)OC1(CC2=O)CN(CO)C1. The maximum absolute atomic E-state index is 12.3. The highest BCUT2D eigenvalue weighted by molar-refractivity contribution is 6.01. The third-order valence-electron chi connectivity index (χ3n) is 4.43. The molecule has 1 aromatic rings. The summed E-state index contributed by atoms with van der Waals surface area (Å²) in [5.41, 5.74) is 3.68. The van der Waals surface area contributed by atoms with Gasteiger partial charge in [0, 0.05) is 13.1 Å². The van der Waals surface area contributed by atoms with Crippen LogP contribution in [-0.4, -0.2) is 41.2 Å². The number of likely N-dealkylation sites (tertiary alicyclic amines) is 1. The van der Waals surface area contributed by atoms with Crippen molar-refractivity contribution in [3.05, 3.63) is 28.3 Å². The second-order valence-corrected chi connectivity index (χ2v) is 5.83. The van der Waals surface area contributed by atoms with Crippen LogP contribution in [0.2, 0.25) is 0 Å². The zero-order valence-electron chi connectivity index (χ0n) is 11.6. The van der Waals surface area contributed by atoms with E-state index in [9.17, 15) is 4.79 Å². The number of carbonyl (C=O) groups excluding carboxylic acids is 1. The average Bonchev–Trinajstić information content (AvgIpc) is 2.34. The minimum absolute atomic E-state index is 0.0259. The van der Waals surface area contributed by atoms with Gasteiger partial charge in [-0.15, -0.1) is 0 Å². The lowest BCUT2D eigenvalue weighted by molar-refractivity contribution is -0.110.